The Morgan fingerprint density at radius 2 is 1.85 bits per heavy atom. The van der Waals surface area contributed by atoms with Gasteiger partial charge in [0.05, 0.1) is 24.0 Å². The summed E-state index contributed by atoms with van der Waals surface area (Å²) in [6, 6.07) is 17.8. The minimum atomic E-state index is -0.648. The third-order valence-electron chi connectivity index (χ3n) is 4.47. The number of carbonyl (C=O) groups excluding carboxylic acids is 1. The lowest BCUT2D eigenvalue weighted by atomic mass is 10.1. The fourth-order valence-corrected chi connectivity index (χ4v) is 3.07. The van der Waals surface area contributed by atoms with Crippen LogP contribution in [0.5, 0.6) is 5.75 Å². The Kier molecular flexibility index (Phi) is 5.23. The normalized spacial score (nSPS) is 11.7. The highest BCUT2D eigenvalue weighted by atomic mass is 16.3. The number of hydrogen-bond donors (Lipinski definition) is 2. The predicted molar refractivity (Wildman–Crippen MR) is 102 cm³/mol. The first-order valence-corrected chi connectivity index (χ1v) is 8.62. The van der Waals surface area contributed by atoms with Gasteiger partial charge in [-0.05, 0) is 24.6 Å². The average molecular weight is 361 g/mol. The van der Waals surface area contributed by atoms with Gasteiger partial charge >= 0.3 is 0 Å². The molecule has 27 heavy (non-hydrogen) atoms. The number of aryl methyl sites for hydroxylation is 1. The van der Waals surface area contributed by atoms with Crippen LogP contribution in [0, 0.1) is 11.3 Å². The van der Waals surface area contributed by atoms with E-state index in [9.17, 15) is 14.7 Å². The highest BCUT2D eigenvalue weighted by molar-refractivity contribution is 6.02. The summed E-state index contributed by atoms with van der Waals surface area (Å²) >= 11 is 0. The van der Waals surface area contributed by atoms with Crippen LogP contribution in [-0.2, 0) is 6.54 Å². The first-order valence-electron chi connectivity index (χ1n) is 8.62. The molecule has 2 aromatic carbocycles. The molecule has 3 rings (SSSR count). The SMILES string of the molecule is CC(NC(=O)c1c(O)c2ccccc2n(CCC#N)c1=O)c1ccccc1. The molecule has 0 fully saturated rings. The molecule has 0 saturated heterocycles. The van der Waals surface area contributed by atoms with Crippen LogP contribution in [0.25, 0.3) is 10.9 Å². The minimum absolute atomic E-state index is 0.121. The number of fused-ring (bicyclic) bond motifs is 1. The lowest BCUT2D eigenvalue weighted by Crippen LogP contribution is -2.34. The van der Waals surface area contributed by atoms with E-state index in [0.29, 0.717) is 10.9 Å². The molecule has 136 valence electrons. The first kappa shape index (κ1) is 18.2. The summed E-state index contributed by atoms with van der Waals surface area (Å²) in [6.07, 6.45) is 0.121. The lowest BCUT2D eigenvalue weighted by molar-refractivity contribution is 0.0935. The maximum atomic E-state index is 12.9. The van der Waals surface area contributed by atoms with E-state index in [0.717, 1.165) is 5.56 Å². The van der Waals surface area contributed by atoms with E-state index in [1.807, 2.05) is 36.4 Å². The summed E-state index contributed by atoms with van der Waals surface area (Å²) in [4.78, 5) is 25.7. The number of nitrogens with zero attached hydrogens (tertiary/aromatic N) is 2. The zero-order valence-corrected chi connectivity index (χ0v) is 14.8. The average Bonchev–Trinajstić information content (AvgIpc) is 2.68. The molecular formula is C21H19N3O3. The van der Waals surface area contributed by atoms with E-state index < -0.39 is 11.5 Å². The molecule has 0 saturated carbocycles. The van der Waals surface area contributed by atoms with Gasteiger partial charge < -0.3 is 15.0 Å². The Morgan fingerprint density at radius 1 is 1.19 bits per heavy atom. The molecule has 1 atom stereocenters. The van der Waals surface area contributed by atoms with E-state index in [4.69, 9.17) is 5.26 Å². The van der Waals surface area contributed by atoms with Gasteiger partial charge in [0.25, 0.3) is 11.5 Å². The van der Waals surface area contributed by atoms with E-state index in [2.05, 4.69) is 5.32 Å². The highest BCUT2D eigenvalue weighted by Crippen LogP contribution is 2.26. The van der Waals surface area contributed by atoms with E-state index >= 15 is 0 Å². The Bertz CT molecular complexity index is 1080. The molecule has 0 spiro atoms. The van der Waals surface area contributed by atoms with Crippen molar-refractivity contribution >= 4 is 16.8 Å². The van der Waals surface area contributed by atoms with Crippen LogP contribution in [0.15, 0.2) is 59.4 Å². The third kappa shape index (κ3) is 3.53. The molecular weight excluding hydrogens is 342 g/mol. The number of hydrogen-bond acceptors (Lipinski definition) is 4. The smallest absolute Gasteiger partial charge is 0.267 e. The van der Waals surface area contributed by atoms with Gasteiger partial charge in [-0.2, -0.15) is 5.26 Å². The van der Waals surface area contributed by atoms with Crippen LogP contribution < -0.4 is 10.9 Å². The summed E-state index contributed by atoms with van der Waals surface area (Å²) in [5.74, 6) is -0.994. The fraction of sp³-hybridized carbons (Fsp3) is 0.190. The number of carbonyl (C=O) groups is 1. The Labute approximate surface area is 156 Å². The molecule has 0 aliphatic carbocycles. The summed E-state index contributed by atoms with van der Waals surface area (Å²) in [5, 5.41) is 22.6. The van der Waals surface area contributed by atoms with Gasteiger partial charge in [-0.15, -0.1) is 0 Å². The first-order chi connectivity index (χ1) is 13.0. The van der Waals surface area contributed by atoms with Crippen LogP contribution in [0.4, 0.5) is 0 Å². The van der Waals surface area contributed by atoms with Crippen LogP contribution in [0.3, 0.4) is 0 Å². The summed E-state index contributed by atoms with van der Waals surface area (Å²) in [6.45, 7) is 1.95. The summed E-state index contributed by atoms with van der Waals surface area (Å²) < 4.78 is 1.36. The van der Waals surface area contributed by atoms with Crippen molar-refractivity contribution < 1.29 is 9.90 Å². The maximum absolute atomic E-state index is 12.9. The summed E-state index contributed by atoms with van der Waals surface area (Å²) in [5.41, 5.74) is 0.451. The second kappa shape index (κ2) is 7.75. The van der Waals surface area contributed by atoms with Crippen molar-refractivity contribution in [3.05, 3.63) is 76.1 Å². The number of aromatic hydroxyl groups is 1. The molecule has 6 heteroatoms. The van der Waals surface area contributed by atoms with Crippen LogP contribution >= 0.6 is 0 Å². The summed E-state index contributed by atoms with van der Waals surface area (Å²) in [7, 11) is 0. The number of benzene rings is 2. The van der Waals surface area contributed by atoms with Crippen molar-refractivity contribution in [2.45, 2.75) is 25.9 Å². The quantitative estimate of drug-likeness (QED) is 0.730. The van der Waals surface area contributed by atoms with E-state index in [1.165, 1.54) is 4.57 Å². The zero-order chi connectivity index (χ0) is 19.4. The van der Waals surface area contributed by atoms with Crippen molar-refractivity contribution in [3.8, 4) is 11.8 Å². The molecule has 1 heterocycles. The minimum Gasteiger partial charge on any atom is -0.506 e. The lowest BCUT2D eigenvalue weighted by Gasteiger charge is -2.17. The van der Waals surface area contributed by atoms with Crippen molar-refractivity contribution in [2.24, 2.45) is 0 Å². The number of rotatable bonds is 5. The number of aromatic nitrogens is 1. The molecule has 0 aliphatic heterocycles. The number of nitrogens with one attached hydrogen (secondary N) is 1. The van der Waals surface area contributed by atoms with Gasteiger partial charge in [0.1, 0.15) is 11.3 Å². The Balaban J connectivity index is 2.07. The van der Waals surface area contributed by atoms with Gasteiger partial charge in [-0.25, -0.2) is 0 Å². The largest absolute Gasteiger partial charge is 0.506 e. The van der Waals surface area contributed by atoms with Crippen molar-refractivity contribution in [3.63, 3.8) is 0 Å². The van der Waals surface area contributed by atoms with Crippen molar-refractivity contribution in [2.75, 3.05) is 0 Å². The molecule has 1 aromatic heterocycles. The fourth-order valence-electron chi connectivity index (χ4n) is 3.07. The standard InChI is InChI=1S/C21H19N3O3/c1-14(15-8-3-2-4-9-15)23-20(26)18-19(25)16-10-5-6-11-17(16)24(21(18)27)13-7-12-22/h2-6,8-11,14,25H,7,13H2,1H3,(H,23,26). The zero-order valence-electron chi connectivity index (χ0n) is 14.8. The molecule has 6 nitrogen and oxygen atoms in total. The second-order valence-corrected chi connectivity index (χ2v) is 6.21. The molecule has 2 N–H and O–H groups in total. The monoisotopic (exact) mass is 361 g/mol. The topological polar surface area (TPSA) is 95.1 Å². The molecule has 3 aromatic rings. The van der Waals surface area contributed by atoms with Gasteiger partial charge in [0.2, 0.25) is 0 Å². The Morgan fingerprint density at radius 3 is 2.56 bits per heavy atom. The van der Waals surface area contributed by atoms with Gasteiger partial charge in [0, 0.05) is 11.9 Å². The van der Waals surface area contributed by atoms with Crippen molar-refractivity contribution in [1.82, 2.24) is 9.88 Å². The molecule has 1 unspecified atom stereocenters. The second-order valence-electron chi connectivity index (χ2n) is 6.21. The third-order valence-corrected chi connectivity index (χ3v) is 4.47. The Hall–Kier alpha value is -3.59. The van der Waals surface area contributed by atoms with Crippen LogP contribution in [0.2, 0.25) is 0 Å². The van der Waals surface area contributed by atoms with Crippen LogP contribution in [-0.4, -0.2) is 15.6 Å². The molecule has 0 radical (unpaired) electrons. The van der Waals surface area contributed by atoms with E-state index in [1.54, 1.807) is 31.2 Å². The van der Waals surface area contributed by atoms with Crippen molar-refractivity contribution in [1.29, 1.82) is 5.26 Å². The molecule has 0 bridgehead atoms. The predicted octanol–water partition coefficient (Wildman–Crippen LogP) is 3.11. The highest BCUT2D eigenvalue weighted by Gasteiger charge is 2.23. The van der Waals surface area contributed by atoms with Gasteiger partial charge in [-0.1, -0.05) is 42.5 Å². The number of amides is 1. The van der Waals surface area contributed by atoms with Crippen LogP contribution in [0.1, 0.15) is 35.3 Å². The molecule has 1 amide bonds. The number of pyridine rings is 1. The van der Waals surface area contributed by atoms with Gasteiger partial charge in [-0.3, -0.25) is 9.59 Å². The number of nitriles is 1. The van der Waals surface area contributed by atoms with E-state index in [-0.39, 0.29) is 30.3 Å². The number of para-hydroxylation sites is 1. The van der Waals surface area contributed by atoms with Gasteiger partial charge in [0.15, 0.2) is 0 Å². The maximum Gasteiger partial charge on any atom is 0.267 e. The molecule has 0 aliphatic rings.